The maximum atomic E-state index is 11.9. The summed E-state index contributed by atoms with van der Waals surface area (Å²) in [5.74, 6) is -1.03. The lowest BCUT2D eigenvalue weighted by Gasteiger charge is -2.22. The normalized spacial score (nSPS) is 11.7. The van der Waals surface area contributed by atoms with Crippen LogP contribution >= 0.6 is 0 Å². The van der Waals surface area contributed by atoms with Crippen LogP contribution in [0.4, 0.5) is 10.5 Å². The molecule has 0 saturated heterocycles. The van der Waals surface area contributed by atoms with Crippen LogP contribution in [-0.4, -0.2) is 35.1 Å². The molecule has 5 heteroatoms. The molecule has 2 amide bonds. The van der Waals surface area contributed by atoms with Crippen LogP contribution in [0.2, 0.25) is 0 Å². The Bertz CT molecular complexity index is 446. The third-order valence-corrected chi connectivity index (χ3v) is 2.90. The lowest BCUT2D eigenvalue weighted by molar-refractivity contribution is -0.141. The summed E-state index contributed by atoms with van der Waals surface area (Å²) in [6.45, 7) is 3.46. The number of carbonyl (C=O) groups is 2. The number of para-hydroxylation sites is 1. The average Bonchev–Trinajstić information content (AvgIpc) is 2.37. The summed E-state index contributed by atoms with van der Waals surface area (Å²) in [6.07, 6.45) is 0.800. The second-order valence-corrected chi connectivity index (χ2v) is 4.07. The highest BCUT2D eigenvalue weighted by Gasteiger charge is 2.21. The summed E-state index contributed by atoms with van der Waals surface area (Å²) in [7, 11) is 1.46. The minimum Gasteiger partial charge on any atom is -0.480 e. The number of carboxylic acid groups (broad SMARTS) is 1. The molecule has 98 valence electrons. The predicted molar refractivity (Wildman–Crippen MR) is 69.7 cm³/mol. The van der Waals surface area contributed by atoms with E-state index >= 15 is 0 Å². The lowest BCUT2D eigenvalue weighted by atomic mass is 10.1. The molecule has 0 heterocycles. The third kappa shape index (κ3) is 3.23. The van der Waals surface area contributed by atoms with E-state index in [9.17, 15) is 9.59 Å². The number of rotatable bonds is 4. The summed E-state index contributed by atoms with van der Waals surface area (Å²) >= 11 is 0. The first-order chi connectivity index (χ1) is 8.47. The molecule has 0 bridgehead atoms. The molecular formula is C13H18N2O3. The molecule has 0 aromatic heterocycles. The molecule has 1 unspecified atom stereocenters. The minimum absolute atomic E-state index is 0.425. The largest absolute Gasteiger partial charge is 0.480 e. The molecule has 1 atom stereocenters. The highest BCUT2D eigenvalue weighted by Crippen LogP contribution is 2.16. The van der Waals surface area contributed by atoms with Crippen LogP contribution in [0, 0.1) is 0 Å². The smallest absolute Gasteiger partial charge is 0.326 e. The Morgan fingerprint density at radius 1 is 1.39 bits per heavy atom. The quantitative estimate of drug-likeness (QED) is 0.860. The summed E-state index contributed by atoms with van der Waals surface area (Å²) in [4.78, 5) is 23.8. The van der Waals surface area contributed by atoms with Crippen molar-refractivity contribution < 1.29 is 14.7 Å². The monoisotopic (exact) mass is 250 g/mol. The standard InChI is InChI=1S/C13H18N2O3/c1-4-10-7-5-6-8-11(10)14-13(18)15(3)9(2)12(16)17/h5-9H,4H2,1-3H3,(H,14,18)(H,16,17). The van der Waals surface area contributed by atoms with Crippen molar-refractivity contribution in [3.05, 3.63) is 29.8 Å². The number of aryl methyl sites for hydroxylation is 1. The third-order valence-electron chi connectivity index (χ3n) is 2.90. The van der Waals surface area contributed by atoms with E-state index in [2.05, 4.69) is 5.32 Å². The molecule has 0 aliphatic carbocycles. The summed E-state index contributed by atoms with van der Waals surface area (Å²) in [6, 6.07) is 6.17. The first kappa shape index (κ1) is 14.0. The molecule has 0 spiro atoms. The van der Waals surface area contributed by atoms with Crippen LogP contribution in [0.25, 0.3) is 0 Å². The Morgan fingerprint density at radius 3 is 2.56 bits per heavy atom. The van der Waals surface area contributed by atoms with Crippen molar-refractivity contribution >= 4 is 17.7 Å². The Kier molecular flexibility index (Phi) is 4.71. The Balaban J connectivity index is 2.78. The first-order valence-electron chi connectivity index (χ1n) is 5.81. The van der Waals surface area contributed by atoms with Gasteiger partial charge in [-0.25, -0.2) is 9.59 Å². The number of nitrogens with one attached hydrogen (secondary N) is 1. The van der Waals surface area contributed by atoms with E-state index in [1.165, 1.54) is 14.0 Å². The highest BCUT2D eigenvalue weighted by molar-refractivity contribution is 5.92. The molecular weight excluding hydrogens is 232 g/mol. The second kappa shape index (κ2) is 6.05. The van der Waals surface area contributed by atoms with E-state index in [1.807, 2.05) is 25.1 Å². The van der Waals surface area contributed by atoms with Crippen molar-refractivity contribution in [2.75, 3.05) is 12.4 Å². The number of nitrogens with zero attached hydrogens (tertiary/aromatic N) is 1. The van der Waals surface area contributed by atoms with E-state index in [0.29, 0.717) is 0 Å². The van der Waals surface area contributed by atoms with Crippen LogP contribution in [-0.2, 0) is 11.2 Å². The molecule has 0 saturated carbocycles. The number of aliphatic carboxylic acids is 1. The Hall–Kier alpha value is -2.04. The van der Waals surface area contributed by atoms with Crippen molar-refractivity contribution in [2.45, 2.75) is 26.3 Å². The Labute approximate surface area is 106 Å². The van der Waals surface area contributed by atoms with Crippen LogP contribution in [0.3, 0.4) is 0 Å². The van der Waals surface area contributed by atoms with E-state index in [1.54, 1.807) is 6.07 Å². The summed E-state index contributed by atoms with van der Waals surface area (Å²) < 4.78 is 0. The highest BCUT2D eigenvalue weighted by atomic mass is 16.4. The zero-order valence-corrected chi connectivity index (χ0v) is 10.8. The molecule has 0 aliphatic heterocycles. The molecule has 2 N–H and O–H groups in total. The number of carboxylic acids is 1. The molecule has 1 rings (SSSR count). The van der Waals surface area contributed by atoms with Gasteiger partial charge in [-0.2, -0.15) is 0 Å². The van der Waals surface area contributed by atoms with Crippen LogP contribution in [0.15, 0.2) is 24.3 Å². The van der Waals surface area contributed by atoms with Gasteiger partial charge >= 0.3 is 12.0 Å². The summed E-state index contributed by atoms with van der Waals surface area (Å²) in [5, 5.41) is 11.6. The van der Waals surface area contributed by atoms with Crippen molar-refractivity contribution in [2.24, 2.45) is 0 Å². The number of hydrogen-bond acceptors (Lipinski definition) is 2. The van der Waals surface area contributed by atoms with E-state index in [0.717, 1.165) is 22.6 Å². The maximum absolute atomic E-state index is 11.9. The number of urea groups is 1. The molecule has 0 aliphatic rings. The molecule has 1 aromatic rings. The van der Waals surface area contributed by atoms with Gasteiger partial charge in [0.15, 0.2) is 0 Å². The number of amides is 2. The zero-order valence-electron chi connectivity index (χ0n) is 10.8. The number of likely N-dealkylation sites (N-methyl/N-ethyl adjacent to an activating group) is 1. The van der Waals surface area contributed by atoms with Crippen molar-refractivity contribution in [3.63, 3.8) is 0 Å². The lowest BCUT2D eigenvalue weighted by Crippen LogP contribution is -2.42. The number of carbonyl (C=O) groups excluding carboxylic acids is 1. The van der Waals surface area contributed by atoms with E-state index < -0.39 is 18.0 Å². The van der Waals surface area contributed by atoms with Gasteiger partial charge in [0, 0.05) is 12.7 Å². The van der Waals surface area contributed by atoms with Gasteiger partial charge < -0.3 is 15.3 Å². The fourth-order valence-electron chi connectivity index (χ4n) is 1.50. The van der Waals surface area contributed by atoms with Gasteiger partial charge in [0.2, 0.25) is 0 Å². The molecule has 0 fully saturated rings. The minimum atomic E-state index is -1.03. The fraction of sp³-hybridized carbons (Fsp3) is 0.385. The number of anilines is 1. The fourth-order valence-corrected chi connectivity index (χ4v) is 1.50. The van der Waals surface area contributed by atoms with Gasteiger partial charge in [-0.05, 0) is 25.0 Å². The van der Waals surface area contributed by atoms with Crippen molar-refractivity contribution in [3.8, 4) is 0 Å². The molecule has 5 nitrogen and oxygen atoms in total. The summed E-state index contributed by atoms with van der Waals surface area (Å²) in [5.41, 5.74) is 1.73. The van der Waals surface area contributed by atoms with Crippen LogP contribution in [0.1, 0.15) is 19.4 Å². The van der Waals surface area contributed by atoms with Crippen LogP contribution < -0.4 is 5.32 Å². The molecule has 1 aromatic carbocycles. The zero-order chi connectivity index (χ0) is 13.7. The molecule has 18 heavy (non-hydrogen) atoms. The first-order valence-corrected chi connectivity index (χ1v) is 5.81. The maximum Gasteiger partial charge on any atom is 0.326 e. The number of hydrogen-bond donors (Lipinski definition) is 2. The molecule has 0 radical (unpaired) electrons. The van der Waals surface area contributed by atoms with Crippen molar-refractivity contribution in [1.29, 1.82) is 0 Å². The van der Waals surface area contributed by atoms with Crippen LogP contribution in [0.5, 0.6) is 0 Å². The Morgan fingerprint density at radius 2 is 2.00 bits per heavy atom. The van der Waals surface area contributed by atoms with Gasteiger partial charge in [0.05, 0.1) is 0 Å². The van der Waals surface area contributed by atoms with E-state index in [4.69, 9.17) is 5.11 Å². The van der Waals surface area contributed by atoms with Gasteiger partial charge in [-0.1, -0.05) is 25.1 Å². The van der Waals surface area contributed by atoms with Gasteiger partial charge in [0.1, 0.15) is 6.04 Å². The van der Waals surface area contributed by atoms with Gasteiger partial charge in [0.25, 0.3) is 0 Å². The average molecular weight is 250 g/mol. The topological polar surface area (TPSA) is 69.6 Å². The number of benzene rings is 1. The van der Waals surface area contributed by atoms with Gasteiger partial charge in [-0.15, -0.1) is 0 Å². The SMILES string of the molecule is CCc1ccccc1NC(=O)N(C)C(C)C(=O)O. The van der Waals surface area contributed by atoms with Crippen molar-refractivity contribution in [1.82, 2.24) is 4.90 Å². The second-order valence-electron chi connectivity index (χ2n) is 4.07. The predicted octanol–water partition coefficient (Wildman–Crippen LogP) is 2.19. The van der Waals surface area contributed by atoms with E-state index in [-0.39, 0.29) is 0 Å². The van der Waals surface area contributed by atoms with Gasteiger partial charge in [-0.3, -0.25) is 0 Å².